The number of aromatic nitrogens is 1. The van der Waals surface area contributed by atoms with Crippen molar-refractivity contribution in [1.29, 1.82) is 0 Å². The first-order valence-corrected chi connectivity index (χ1v) is 12.5. The number of carbonyl (C=O) groups excluding carboxylic acids is 2. The van der Waals surface area contributed by atoms with Crippen LogP contribution in [0.1, 0.15) is 46.8 Å². The average molecular weight is 492 g/mol. The van der Waals surface area contributed by atoms with Gasteiger partial charge in [0.1, 0.15) is 12.3 Å². The lowest BCUT2D eigenvalue weighted by molar-refractivity contribution is -0.138. The van der Waals surface area contributed by atoms with Crippen LogP contribution in [0, 0.1) is 5.92 Å². The summed E-state index contributed by atoms with van der Waals surface area (Å²) in [4.78, 5) is 42.1. The number of hydrogen-bond donors (Lipinski definition) is 2. The summed E-state index contributed by atoms with van der Waals surface area (Å²) in [6, 6.07) is 16.3. The van der Waals surface area contributed by atoms with E-state index in [-0.39, 0.29) is 36.5 Å². The molecule has 9 heteroatoms. The van der Waals surface area contributed by atoms with Crippen LogP contribution in [0.5, 0.6) is 0 Å². The van der Waals surface area contributed by atoms with Crippen molar-refractivity contribution >= 4 is 34.4 Å². The summed E-state index contributed by atoms with van der Waals surface area (Å²) in [5.74, 6) is -0.961. The molecule has 0 bridgehead atoms. The number of anilines is 1. The maximum absolute atomic E-state index is 12.8. The number of rotatable bonds is 6. The molecule has 3 aromatic rings. The molecule has 2 aromatic carbocycles. The van der Waals surface area contributed by atoms with Crippen LogP contribution in [0.15, 0.2) is 53.9 Å². The van der Waals surface area contributed by atoms with Gasteiger partial charge in [0.25, 0.3) is 5.91 Å². The minimum atomic E-state index is -0.807. The van der Waals surface area contributed by atoms with Crippen molar-refractivity contribution in [3.05, 3.63) is 70.7 Å². The Morgan fingerprint density at radius 1 is 1.03 bits per heavy atom. The first kappa shape index (κ1) is 23.0. The van der Waals surface area contributed by atoms with E-state index >= 15 is 0 Å². The second-order valence-electron chi connectivity index (χ2n) is 8.82. The van der Waals surface area contributed by atoms with E-state index in [2.05, 4.69) is 34.6 Å². The van der Waals surface area contributed by atoms with Crippen LogP contribution in [0.4, 0.5) is 9.93 Å². The first-order valence-electron chi connectivity index (χ1n) is 11.6. The molecule has 1 saturated heterocycles. The van der Waals surface area contributed by atoms with E-state index < -0.39 is 12.1 Å². The molecule has 2 aliphatic rings. The third kappa shape index (κ3) is 4.90. The summed E-state index contributed by atoms with van der Waals surface area (Å²) < 4.78 is 5.55. The number of aliphatic carboxylic acids is 1. The molecule has 0 atom stereocenters. The van der Waals surface area contributed by atoms with Crippen LogP contribution in [-0.2, 0) is 9.53 Å². The molecule has 0 spiro atoms. The highest BCUT2D eigenvalue weighted by molar-refractivity contribution is 7.14. The molecule has 2 N–H and O–H groups in total. The Kier molecular flexibility index (Phi) is 6.50. The zero-order chi connectivity index (χ0) is 24.4. The highest BCUT2D eigenvalue weighted by Gasteiger charge is 2.29. The smallest absolute Gasteiger partial charge is 0.413 e. The zero-order valence-electron chi connectivity index (χ0n) is 19.0. The van der Waals surface area contributed by atoms with E-state index in [9.17, 15) is 14.4 Å². The van der Waals surface area contributed by atoms with Crippen molar-refractivity contribution in [2.75, 3.05) is 25.0 Å². The number of fused-ring (bicyclic) bond motifs is 3. The van der Waals surface area contributed by atoms with Gasteiger partial charge in [0, 0.05) is 30.8 Å². The van der Waals surface area contributed by atoms with E-state index in [1.54, 1.807) is 10.3 Å². The lowest BCUT2D eigenvalue weighted by Gasteiger charge is -2.30. The average Bonchev–Trinajstić information content (AvgIpc) is 3.45. The Labute approximate surface area is 206 Å². The maximum Gasteiger partial charge on any atom is 0.413 e. The van der Waals surface area contributed by atoms with Gasteiger partial charge in [0.15, 0.2) is 5.13 Å². The SMILES string of the molecule is O=C(O)CC1CCN(C(=O)c2csc(NC(=O)OCC3c4ccccc4-c4ccccc43)n2)CC1. The van der Waals surface area contributed by atoms with Gasteiger partial charge in [-0.2, -0.15) is 0 Å². The monoisotopic (exact) mass is 491 g/mol. The minimum absolute atomic E-state index is 0.0364. The molecule has 1 aliphatic heterocycles. The van der Waals surface area contributed by atoms with Crippen LogP contribution in [-0.4, -0.2) is 52.7 Å². The van der Waals surface area contributed by atoms with E-state index in [4.69, 9.17) is 9.84 Å². The normalized spacial score (nSPS) is 15.4. The van der Waals surface area contributed by atoms with Crippen LogP contribution in [0.3, 0.4) is 0 Å². The van der Waals surface area contributed by atoms with E-state index in [1.165, 1.54) is 11.3 Å². The molecule has 5 rings (SSSR count). The molecule has 180 valence electrons. The standard InChI is InChI=1S/C26H25N3O5S/c30-23(31)13-16-9-11-29(12-10-16)24(32)22-15-35-25(27-22)28-26(33)34-14-21-19-7-3-1-5-17(19)18-6-2-4-8-20(18)21/h1-8,15-16,21H,9-14H2,(H,30,31)(H,27,28,33). The van der Waals surface area contributed by atoms with Crippen LogP contribution in [0.2, 0.25) is 0 Å². The zero-order valence-corrected chi connectivity index (χ0v) is 19.8. The predicted molar refractivity (Wildman–Crippen MR) is 132 cm³/mol. The molecule has 1 aliphatic carbocycles. The number of piperidine rings is 1. The molecular formula is C26H25N3O5S. The number of ether oxygens (including phenoxy) is 1. The Bertz CT molecular complexity index is 1220. The van der Waals surface area contributed by atoms with Crippen molar-refractivity contribution < 1.29 is 24.2 Å². The topological polar surface area (TPSA) is 109 Å². The molecule has 0 saturated carbocycles. The number of hydrogen-bond acceptors (Lipinski definition) is 6. The van der Waals surface area contributed by atoms with Gasteiger partial charge < -0.3 is 14.7 Å². The second-order valence-corrected chi connectivity index (χ2v) is 9.68. The number of carboxylic acid groups (broad SMARTS) is 1. The summed E-state index contributed by atoms with van der Waals surface area (Å²) in [5, 5.41) is 13.5. The molecule has 0 radical (unpaired) electrons. The van der Waals surface area contributed by atoms with Crippen LogP contribution >= 0.6 is 11.3 Å². The van der Waals surface area contributed by atoms with E-state index in [1.807, 2.05) is 24.3 Å². The lowest BCUT2D eigenvalue weighted by Crippen LogP contribution is -2.39. The largest absolute Gasteiger partial charge is 0.481 e. The number of nitrogens with one attached hydrogen (secondary N) is 1. The highest BCUT2D eigenvalue weighted by Crippen LogP contribution is 2.44. The number of carbonyl (C=O) groups is 3. The van der Waals surface area contributed by atoms with Gasteiger partial charge in [-0.3, -0.25) is 14.9 Å². The Balaban J connectivity index is 1.16. The van der Waals surface area contributed by atoms with Gasteiger partial charge in [-0.25, -0.2) is 9.78 Å². The summed E-state index contributed by atoms with van der Waals surface area (Å²) in [6.07, 6.45) is 0.835. The van der Waals surface area contributed by atoms with Crippen LogP contribution < -0.4 is 5.32 Å². The summed E-state index contributed by atoms with van der Waals surface area (Å²) in [7, 11) is 0. The fourth-order valence-corrected chi connectivity index (χ4v) is 5.57. The second kappa shape index (κ2) is 9.87. The van der Waals surface area contributed by atoms with Crippen molar-refractivity contribution in [3.8, 4) is 11.1 Å². The van der Waals surface area contributed by atoms with Gasteiger partial charge >= 0.3 is 12.1 Å². The van der Waals surface area contributed by atoms with Crippen molar-refractivity contribution in [2.45, 2.75) is 25.2 Å². The summed E-state index contributed by atoms with van der Waals surface area (Å²) in [5.41, 5.74) is 4.85. The Morgan fingerprint density at radius 3 is 2.29 bits per heavy atom. The van der Waals surface area contributed by atoms with Crippen molar-refractivity contribution in [2.24, 2.45) is 5.92 Å². The molecular weight excluding hydrogens is 466 g/mol. The minimum Gasteiger partial charge on any atom is -0.481 e. The number of thiazole rings is 1. The number of nitrogens with zero attached hydrogens (tertiary/aromatic N) is 2. The Hall–Kier alpha value is -3.72. The molecule has 2 heterocycles. The fraction of sp³-hybridized carbons (Fsp3) is 0.308. The first-order chi connectivity index (χ1) is 17.0. The summed E-state index contributed by atoms with van der Waals surface area (Å²) in [6.45, 7) is 1.20. The molecule has 0 unspecified atom stereocenters. The fourth-order valence-electron chi connectivity index (χ4n) is 4.90. The van der Waals surface area contributed by atoms with Gasteiger partial charge in [-0.05, 0) is 41.0 Å². The molecule has 35 heavy (non-hydrogen) atoms. The highest BCUT2D eigenvalue weighted by atomic mass is 32.1. The predicted octanol–water partition coefficient (Wildman–Crippen LogP) is 4.83. The van der Waals surface area contributed by atoms with Gasteiger partial charge in [0.2, 0.25) is 0 Å². The molecule has 2 amide bonds. The number of benzene rings is 2. The molecule has 1 fully saturated rings. The summed E-state index contributed by atoms with van der Waals surface area (Å²) >= 11 is 1.17. The van der Waals surface area contributed by atoms with E-state index in [0.29, 0.717) is 31.1 Å². The Morgan fingerprint density at radius 2 is 1.66 bits per heavy atom. The van der Waals surface area contributed by atoms with E-state index in [0.717, 1.165) is 22.3 Å². The number of likely N-dealkylation sites (tertiary alicyclic amines) is 1. The quantitative estimate of drug-likeness (QED) is 0.511. The van der Waals surface area contributed by atoms with Gasteiger partial charge in [0.05, 0.1) is 0 Å². The van der Waals surface area contributed by atoms with Crippen molar-refractivity contribution in [3.63, 3.8) is 0 Å². The van der Waals surface area contributed by atoms with Crippen molar-refractivity contribution in [1.82, 2.24) is 9.88 Å². The van der Waals surface area contributed by atoms with Gasteiger partial charge in [-0.15, -0.1) is 11.3 Å². The third-order valence-electron chi connectivity index (χ3n) is 6.64. The number of carboxylic acids is 1. The maximum atomic E-state index is 12.8. The molecule has 1 aromatic heterocycles. The number of amides is 2. The lowest BCUT2D eigenvalue weighted by atomic mass is 9.93. The van der Waals surface area contributed by atoms with Crippen LogP contribution in [0.25, 0.3) is 11.1 Å². The van der Waals surface area contributed by atoms with Gasteiger partial charge in [-0.1, -0.05) is 48.5 Å². The third-order valence-corrected chi connectivity index (χ3v) is 7.40. The molecule has 8 nitrogen and oxygen atoms in total.